The highest BCUT2D eigenvalue weighted by Gasteiger charge is 2.62. The SMILES string of the molecule is CCCOc1cnc(C(=O)Nc2ccc(F)c([C@]34COC[C@@]3(F)COC(N)=N4)c2)cn1. The van der Waals surface area contributed by atoms with E-state index in [1.165, 1.54) is 24.5 Å². The number of halogens is 2. The number of amides is 1. The molecule has 9 nitrogen and oxygen atoms in total. The molecule has 2 atom stereocenters. The van der Waals surface area contributed by atoms with Crippen molar-refractivity contribution in [1.82, 2.24) is 9.97 Å². The molecule has 1 aromatic heterocycles. The summed E-state index contributed by atoms with van der Waals surface area (Å²) < 4.78 is 46.0. The van der Waals surface area contributed by atoms with Crippen molar-refractivity contribution >= 4 is 17.6 Å². The van der Waals surface area contributed by atoms with E-state index in [9.17, 15) is 9.18 Å². The molecule has 1 aromatic carbocycles. The normalized spacial score (nSPS) is 24.7. The van der Waals surface area contributed by atoms with Crippen LogP contribution < -0.4 is 15.8 Å². The lowest BCUT2D eigenvalue weighted by Gasteiger charge is -2.38. The summed E-state index contributed by atoms with van der Waals surface area (Å²) in [6, 6.07) is 3.52. The van der Waals surface area contributed by atoms with Crippen molar-refractivity contribution in [2.45, 2.75) is 24.6 Å². The van der Waals surface area contributed by atoms with Crippen LogP contribution >= 0.6 is 0 Å². The van der Waals surface area contributed by atoms with Crippen molar-refractivity contribution in [3.8, 4) is 5.88 Å². The lowest BCUT2D eigenvalue weighted by atomic mass is 9.78. The van der Waals surface area contributed by atoms with Gasteiger partial charge in [0.1, 0.15) is 18.1 Å². The predicted molar refractivity (Wildman–Crippen MR) is 106 cm³/mol. The molecule has 2 aromatic rings. The Morgan fingerprint density at radius 1 is 1.29 bits per heavy atom. The lowest BCUT2D eigenvalue weighted by molar-refractivity contribution is 0.00905. The molecule has 0 unspecified atom stereocenters. The maximum absolute atomic E-state index is 15.5. The zero-order chi connectivity index (χ0) is 22.1. The quantitative estimate of drug-likeness (QED) is 0.714. The number of carbonyl (C=O) groups excluding carboxylic acids is 1. The molecule has 31 heavy (non-hydrogen) atoms. The largest absolute Gasteiger partial charge is 0.477 e. The molecule has 3 heterocycles. The molecule has 4 rings (SSSR count). The molecule has 11 heteroatoms. The molecular formula is C20H21F2N5O4. The lowest BCUT2D eigenvalue weighted by Crippen LogP contribution is -2.55. The molecule has 0 radical (unpaired) electrons. The third-order valence-corrected chi connectivity index (χ3v) is 5.12. The van der Waals surface area contributed by atoms with Crippen LogP contribution in [0, 0.1) is 5.82 Å². The van der Waals surface area contributed by atoms with Crippen molar-refractivity contribution in [1.29, 1.82) is 0 Å². The molecule has 1 fully saturated rings. The van der Waals surface area contributed by atoms with Crippen molar-refractivity contribution in [3.63, 3.8) is 0 Å². The van der Waals surface area contributed by atoms with Gasteiger partial charge in [0.25, 0.3) is 11.9 Å². The number of amidine groups is 1. The van der Waals surface area contributed by atoms with Gasteiger partial charge in [-0.15, -0.1) is 0 Å². The van der Waals surface area contributed by atoms with E-state index in [-0.39, 0.29) is 36.2 Å². The van der Waals surface area contributed by atoms with Crippen LogP contribution in [0.25, 0.3) is 0 Å². The molecule has 0 bridgehead atoms. The molecule has 1 saturated heterocycles. The van der Waals surface area contributed by atoms with Gasteiger partial charge in [-0.3, -0.25) is 4.79 Å². The first kappa shape index (κ1) is 20.9. The van der Waals surface area contributed by atoms with Crippen LogP contribution in [0.4, 0.5) is 14.5 Å². The third kappa shape index (κ3) is 3.76. The number of carbonyl (C=O) groups is 1. The molecule has 3 N–H and O–H groups in total. The van der Waals surface area contributed by atoms with Gasteiger partial charge in [-0.1, -0.05) is 6.92 Å². The Labute approximate surface area is 176 Å². The minimum atomic E-state index is -2.10. The van der Waals surface area contributed by atoms with Crippen molar-refractivity contribution in [3.05, 3.63) is 47.7 Å². The number of nitrogens with zero attached hydrogens (tertiary/aromatic N) is 3. The highest BCUT2D eigenvalue weighted by molar-refractivity contribution is 6.02. The summed E-state index contributed by atoms with van der Waals surface area (Å²) >= 11 is 0. The number of rotatable bonds is 6. The molecule has 0 aliphatic carbocycles. The fourth-order valence-corrected chi connectivity index (χ4v) is 3.52. The van der Waals surface area contributed by atoms with Gasteiger partial charge in [0.2, 0.25) is 5.88 Å². The number of aromatic nitrogens is 2. The van der Waals surface area contributed by atoms with Gasteiger partial charge in [0.05, 0.1) is 32.2 Å². The fourth-order valence-electron chi connectivity index (χ4n) is 3.52. The van der Waals surface area contributed by atoms with Gasteiger partial charge in [-0.25, -0.2) is 23.7 Å². The average molecular weight is 433 g/mol. The number of ether oxygens (including phenoxy) is 3. The van der Waals surface area contributed by atoms with Crippen LogP contribution in [0.1, 0.15) is 29.4 Å². The summed E-state index contributed by atoms with van der Waals surface area (Å²) in [7, 11) is 0. The van der Waals surface area contributed by atoms with E-state index in [4.69, 9.17) is 19.9 Å². The highest BCUT2D eigenvalue weighted by Crippen LogP contribution is 2.48. The Morgan fingerprint density at radius 2 is 2.13 bits per heavy atom. The Kier molecular flexibility index (Phi) is 5.44. The van der Waals surface area contributed by atoms with Crippen LogP contribution in [0.2, 0.25) is 0 Å². The summed E-state index contributed by atoms with van der Waals surface area (Å²) in [4.78, 5) is 24.7. The standard InChI is InChI=1S/C20H21F2N5O4/c1-2-5-30-16-8-24-15(7-25-16)17(28)26-12-3-4-14(21)13(6-12)20-11-29-9-19(20,22)10-31-18(23)27-20/h3-4,6-8H,2,5,9-11H2,1H3,(H2,23,27)(H,26,28)/t19-,20-/m1/s1. The molecule has 2 aliphatic rings. The van der Waals surface area contributed by atoms with E-state index < -0.39 is 29.5 Å². The Bertz CT molecular complexity index is 1020. The maximum atomic E-state index is 15.5. The van der Waals surface area contributed by atoms with Crippen LogP contribution in [0.5, 0.6) is 5.88 Å². The maximum Gasteiger partial charge on any atom is 0.283 e. The zero-order valence-corrected chi connectivity index (χ0v) is 16.7. The zero-order valence-electron chi connectivity index (χ0n) is 16.7. The number of aliphatic imine (C=N–C) groups is 1. The Balaban J connectivity index is 1.60. The minimum Gasteiger partial charge on any atom is -0.477 e. The number of fused-ring (bicyclic) bond motifs is 1. The topological polar surface area (TPSA) is 121 Å². The smallest absolute Gasteiger partial charge is 0.283 e. The Morgan fingerprint density at radius 3 is 2.87 bits per heavy atom. The monoisotopic (exact) mass is 433 g/mol. The number of nitrogens with one attached hydrogen (secondary N) is 1. The number of anilines is 1. The number of nitrogens with two attached hydrogens (primary N) is 1. The van der Waals surface area contributed by atoms with Gasteiger partial charge in [-0.05, 0) is 24.6 Å². The molecular weight excluding hydrogens is 412 g/mol. The molecule has 2 aliphatic heterocycles. The number of alkyl halides is 1. The van der Waals surface area contributed by atoms with Crippen molar-refractivity contribution < 1.29 is 27.8 Å². The van der Waals surface area contributed by atoms with Gasteiger partial charge in [0.15, 0.2) is 11.2 Å². The summed E-state index contributed by atoms with van der Waals surface area (Å²) in [6.07, 6.45) is 3.42. The van der Waals surface area contributed by atoms with Crippen LogP contribution in [0.15, 0.2) is 35.6 Å². The number of benzene rings is 1. The van der Waals surface area contributed by atoms with Crippen LogP contribution in [-0.4, -0.2) is 54.0 Å². The summed E-state index contributed by atoms with van der Waals surface area (Å²) in [5.74, 6) is -0.980. The number of hydrogen-bond acceptors (Lipinski definition) is 8. The molecule has 0 spiro atoms. The van der Waals surface area contributed by atoms with E-state index in [2.05, 4.69) is 20.3 Å². The van der Waals surface area contributed by atoms with E-state index in [1.807, 2.05) is 6.92 Å². The van der Waals surface area contributed by atoms with E-state index in [0.29, 0.717) is 12.5 Å². The Hall–Kier alpha value is -3.34. The van der Waals surface area contributed by atoms with Gasteiger partial charge >= 0.3 is 0 Å². The molecule has 0 saturated carbocycles. The van der Waals surface area contributed by atoms with Gasteiger partial charge < -0.3 is 25.3 Å². The first-order valence-electron chi connectivity index (χ1n) is 9.68. The van der Waals surface area contributed by atoms with E-state index >= 15 is 4.39 Å². The minimum absolute atomic E-state index is 0.0326. The number of hydrogen-bond donors (Lipinski definition) is 2. The second-order valence-corrected chi connectivity index (χ2v) is 7.29. The average Bonchev–Trinajstić information content (AvgIpc) is 3.11. The first-order valence-corrected chi connectivity index (χ1v) is 9.68. The fraction of sp³-hybridized carbons (Fsp3) is 0.400. The van der Waals surface area contributed by atoms with Gasteiger partial charge in [-0.2, -0.15) is 0 Å². The second-order valence-electron chi connectivity index (χ2n) is 7.29. The summed E-state index contributed by atoms with van der Waals surface area (Å²) in [5.41, 5.74) is 2.00. The van der Waals surface area contributed by atoms with Crippen molar-refractivity contribution in [2.24, 2.45) is 10.7 Å². The first-order chi connectivity index (χ1) is 14.9. The summed E-state index contributed by atoms with van der Waals surface area (Å²) in [6.45, 7) is 1.49. The predicted octanol–water partition coefficient (Wildman–Crippen LogP) is 1.94. The molecule has 1 amide bonds. The summed E-state index contributed by atoms with van der Waals surface area (Å²) in [5, 5.41) is 2.60. The second kappa shape index (κ2) is 8.06. The third-order valence-electron chi connectivity index (χ3n) is 5.12. The van der Waals surface area contributed by atoms with E-state index in [0.717, 1.165) is 12.5 Å². The van der Waals surface area contributed by atoms with E-state index in [1.54, 1.807) is 0 Å². The molecule has 164 valence electrons. The van der Waals surface area contributed by atoms with Gasteiger partial charge in [0, 0.05) is 11.3 Å². The van der Waals surface area contributed by atoms with Crippen LogP contribution in [-0.2, 0) is 15.0 Å². The van der Waals surface area contributed by atoms with Crippen molar-refractivity contribution in [2.75, 3.05) is 31.7 Å². The van der Waals surface area contributed by atoms with Crippen LogP contribution in [0.3, 0.4) is 0 Å². The highest BCUT2D eigenvalue weighted by atomic mass is 19.1.